The summed E-state index contributed by atoms with van der Waals surface area (Å²) >= 11 is 0. The quantitative estimate of drug-likeness (QED) is 0.214. The van der Waals surface area contributed by atoms with Crippen molar-refractivity contribution in [1.29, 1.82) is 0 Å². The van der Waals surface area contributed by atoms with E-state index < -0.39 is 41.7 Å². The van der Waals surface area contributed by atoms with Crippen LogP contribution in [0.25, 0.3) is 0 Å². The minimum Gasteiger partial charge on any atom is -0.450 e. The van der Waals surface area contributed by atoms with Gasteiger partial charge in [0, 0.05) is 25.4 Å². The van der Waals surface area contributed by atoms with Gasteiger partial charge in [0.25, 0.3) is 5.91 Å². The molecule has 2 aromatic carbocycles. The highest BCUT2D eigenvalue weighted by Gasteiger charge is 2.35. The molecule has 2 aromatic rings. The van der Waals surface area contributed by atoms with Crippen molar-refractivity contribution in [2.75, 3.05) is 19.7 Å². The van der Waals surface area contributed by atoms with Crippen molar-refractivity contribution < 1.29 is 28.7 Å². The fourth-order valence-corrected chi connectivity index (χ4v) is 4.39. The average molecular weight is 537 g/mol. The van der Waals surface area contributed by atoms with Crippen LogP contribution in [0, 0.1) is 5.92 Å². The van der Waals surface area contributed by atoms with E-state index in [1.165, 1.54) is 0 Å². The summed E-state index contributed by atoms with van der Waals surface area (Å²) in [6.07, 6.45) is 1.20. The van der Waals surface area contributed by atoms with Crippen molar-refractivity contribution in [2.24, 2.45) is 5.92 Å². The van der Waals surface area contributed by atoms with E-state index in [1.807, 2.05) is 60.7 Å². The predicted octanol–water partition coefficient (Wildman–Crippen LogP) is 1.67. The van der Waals surface area contributed by atoms with Gasteiger partial charge >= 0.3 is 6.09 Å². The highest BCUT2D eigenvalue weighted by Crippen LogP contribution is 2.17. The molecule has 3 rings (SSSR count). The third-order valence-corrected chi connectivity index (χ3v) is 6.45. The summed E-state index contributed by atoms with van der Waals surface area (Å²) in [6.45, 7) is 2.54. The number of ketones is 1. The smallest absolute Gasteiger partial charge is 0.407 e. The summed E-state index contributed by atoms with van der Waals surface area (Å²) in [5, 5.41) is 10.4. The fraction of sp³-hybridized carbons (Fsp3) is 0.414. The number of alkyl carbamates (subject to hydrolysis) is 1. The van der Waals surface area contributed by atoms with E-state index in [4.69, 9.17) is 4.74 Å². The molecule has 208 valence electrons. The largest absolute Gasteiger partial charge is 0.450 e. The van der Waals surface area contributed by atoms with Crippen molar-refractivity contribution in [3.05, 3.63) is 71.8 Å². The van der Waals surface area contributed by atoms with Gasteiger partial charge in [-0.05, 0) is 43.7 Å². The van der Waals surface area contributed by atoms with Crippen LogP contribution in [0.4, 0.5) is 4.79 Å². The number of benzene rings is 2. The van der Waals surface area contributed by atoms with Gasteiger partial charge in [0.15, 0.2) is 0 Å². The first kappa shape index (κ1) is 29.3. The Morgan fingerprint density at radius 3 is 2.23 bits per heavy atom. The number of hydrogen-bond acceptors (Lipinski definition) is 6. The molecule has 1 aliphatic heterocycles. The molecule has 4 N–H and O–H groups in total. The number of carbonyl (C=O) groups excluding carboxylic acids is 5. The number of hydrogen-bond donors (Lipinski definition) is 4. The third kappa shape index (κ3) is 9.55. The van der Waals surface area contributed by atoms with Gasteiger partial charge in [-0.3, -0.25) is 19.2 Å². The fourth-order valence-electron chi connectivity index (χ4n) is 4.39. The van der Waals surface area contributed by atoms with Crippen molar-refractivity contribution in [1.82, 2.24) is 21.3 Å². The minimum atomic E-state index is -1.22. The first-order chi connectivity index (χ1) is 18.9. The molecule has 10 nitrogen and oxygen atoms in total. The first-order valence-electron chi connectivity index (χ1n) is 13.3. The molecular weight excluding hydrogens is 500 g/mol. The molecule has 0 saturated carbocycles. The topological polar surface area (TPSA) is 143 Å². The van der Waals surface area contributed by atoms with Gasteiger partial charge in [-0.2, -0.15) is 0 Å². The molecule has 10 heteroatoms. The minimum absolute atomic E-state index is 0.0183. The van der Waals surface area contributed by atoms with Crippen molar-refractivity contribution in [3.8, 4) is 0 Å². The summed E-state index contributed by atoms with van der Waals surface area (Å²) in [4.78, 5) is 63.3. The number of Topliss-reactive ketones (excluding diaryl/α,β-unsaturated/α-hetero) is 1. The lowest BCUT2D eigenvalue weighted by molar-refractivity contribution is -0.140. The number of ether oxygens (including phenoxy) is 1. The van der Waals surface area contributed by atoms with Crippen LogP contribution in [0.3, 0.4) is 0 Å². The normalized spacial score (nSPS) is 15.9. The lowest BCUT2D eigenvalue weighted by Crippen LogP contribution is -2.55. The molecule has 1 saturated heterocycles. The van der Waals surface area contributed by atoms with Crippen molar-refractivity contribution in [3.63, 3.8) is 0 Å². The summed E-state index contributed by atoms with van der Waals surface area (Å²) in [6, 6.07) is 16.6. The van der Waals surface area contributed by atoms with E-state index in [2.05, 4.69) is 21.3 Å². The Morgan fingerprint density at radius 1 is 0.949 bits per heavy atom. The van der Waals surface area contributed by atoms with Crippen LogP contribution in [0.1, 0.15) is 37.3 Å². The molecule has 0 spiro atoms. The summed E-state index contributed by atoms with van der Waals surface area (Å²) in [5.74, 6) is -3.07. The van der Waals surface area contributed by atoms with Crippen molar-refractivity contribution >= 4 is 29.6 Å². The summed E-state index contributed by atoms with van der Waals surface area (Å²) in [5.41, 5.74) is 1.91. The Balaban J connectivity index is 1.66. The van der Waals surface area contributed by atoms with Crippen molar-refractivity contribution in [2.45, 2.75) is 51.1 Å². The molecule has 0 aromatic heterocycles. The van der Waals surface area contributed by atoms with Crippen LogP contribution in [0.5, 0.6) is 0 Å². The second kappa shape index (κ2) is 15.3. The second-order valence-corrected chi connectivity index (χ2v) is 9.41. The zero-order chi connectivity index (χ0) is 28.0. The summed E-state index contributed by atoms with van der Waals surface area (Å²) in [7, 11) is 0. The Labute approximate surface area is 228 Å². The number of carbonyl (C=O) groups is 5. The molecule has 1 fully saturated rings. The average Bonchev–Trinajstić information content (AvgIpc) is 3.35. The number of rotatable bonds is 14. The maximum atomic E-state index is 13.4. The number of nitrogens with one attached hydrogen (secondary N) is 4. The lowest BCUT2D eigenvalue weighted by atomic mass is 9.94. The molecule has 0 aliphatic carbocycles. The van der Waals surface area contributed by atoms with Gasteiger partial charge in [0.05, 0.1) is 12.6 Å². The maximum absolute atomic E-state index is 13.4. The number of likely N-dealkylation sites (N-methyl/N-ethyl adjacent to an activating group) is 1. The van der Waals surface area contributed by atoms with Crippen LogP contribution < -0.4 is 21.3 Å². The van der Waals surface area contributed by atoms with Gasteiger partial charge in [-0.25, -0.2) is 4.79 Å². The number of amides is 4. The van der Waals surface area contributed by atoms with Gasteiger partial charge in [-0.15, -0.1) is 0 Å². The molecule has 1 heterocycles. The van der Waals surface area contributed by atoms with Crippen LogP contribution in [-0.2, 0) is 36.8 Å². The molecule has 0 radical (unpaired) electrons. The standard InChI is InChI=1S/C29H36N4O6/c1-2-30-28(37)25(34)23(19-22-15-16-31-26(22)35)32-27(36)24(18-21-12-7-4-8-13-21)33-29(38)39-17-9-14-20-10-5-3-6-11-20/h3-8,10-13,22-24H,2,9,14-19H2,1H3,(H,30,37)(H,31,35)(H,32,36)(H,33,38)/t22-,23-,24-/m0/s1. The zero-order valence-electron chi connectivity index (χ0n) is 22.1. The van der Waals surface area contributed by atoms with Crippen LogP contribution in [0.15, 0.2) is 60.7 Å². The van der Waals surface area contributed by atoms with E-state index in [-0.39, 0.29) is 31.9 Å². The van der Waals surface area contributed by atoms with E-state index in [1.54, 1.807) is 6.92 Å². The Bertz CT molecular complexity index is 1130. The highest BCUT2D eigenvalue weighted by atomic mass is 16.5. The van der Waals surface area contributed by atoms with E-state index in [0.29, 0.717) is 19.4 Å². The predicted molar refractivity (Wildman–Crippen MR) is 145 cm³/mol. The van der Waals surface area contributed by atoms with E-state index in [9.17, 15) is 24.0 Å². The molecule has 0 bridgehead atoms. The molecule has 39 heavy (non-hydrogen) atoms. The monoisotopic (exact) mass is 536 g/mol. The van der Waals surface area contributed by atoms with Crippen LogP contribution in [0.2, 0.25) is 0 Å². The van der Waals surface area contributed by atoms with E-state index in [0.717, 1.165) is 17.5 Å². The Hall–Kier alpha value is -4.21. The Kier molecular flexibility index (Phi) is 11.5. The van der Waals surface area contributed by atoms with Gasteiger partial charge in [0.2, 0.25) is 17.6 Å². The van der Waals surface area contributed by atoms with E-state index >= 15 is 0 Å². The van der Waals surface area contributed by atoms with Crippen LogP contribution >= 0.6 is 0 Å². The summed E-state index contributed by atoms with van der Waals surface area (Å²) < 4.78 is 5.31. The van der Waals surface area contributed by atoms with Crippen LogP contribution in [-0.4, -0.2) is 61.4 Å². The third-order valence-electron chi connectivity index (χ3n) is 6.45. The maximum Gasteiger partial charge on any atom is 0.407 e. The number of aryl methyl sites for hydroxylation is 1. The molecule has 4 amide bonds. The Morgan fingerprint density at radius 2 is 1.62 bits per heavy atom. The zero-order valence-corrected chi connectivity index (χ0v) is 22.1. The molecular formula is C29H36N4O6. The molecule has 1 aliphatic rings. The van der Waals surface area contributed by atoms with Gasteiger partial charge in [-0.1, -0.05) is 60.7 Å². The second-order valence-electron chi connectivity index (χ2n) is 9.41. The highest BCUT2D eigenvalue weighted by molar-refractivity contribution is 6.38. The van der Waals surface area contributed by atoms with Gasteiger partial charge in [0.1, 0.15) is 6.04 Å². The van der Waals surface area contributed by atoms with Gasteiger partial charge < -0.3 is 26.0 Å². The first-order valence-corrected chi connectivity index (χ1v) is 13.3. The molecule has 3 atom stereocenters. The SMILES string of the molecule is CCNC(=O)C(=O)[C@H](C[C@@H]1CCNC1=O)NC(=O)[C@H](Cc1ccccc1)NC(=O)OCCCc1ccccc1. The lowest BCUT2D eigenvalue weighted by Gasteiger charge is -2.24. The molecule has 0 unspecified atom stereocenters.